The first kappa shape index (κ1) is 12.9. The Morgan fingerprint density at radius 2 is 1.94 bits per heavy atom. The van der Waals surface area contributed by atoms with Gasteiger partial charge in [0.15, 0.2) is 0 Å². The lowest BCUT2D eigenvalue weighted by Gasteiger charge is -2.17. The average molecular weight is 247 g/mol. The highest BCUT2D eigenvalue weighted by Gasteiger charge is 2.08. The van der Waals surface area contributed by atoms with Crippen molar-refractivity contribution in [3.05, 3.63) is 34.2 Å². The van der Waals surface area contributed by atoms with Gasteiger partial charge in [-0.3, -0.25) is 0 Å². The minimum absolute atomic E-state index is 0.151. The minimum Gasteiger partial charge on any atom is -0.310 e. The molecule has 0 aliphatic carbocycles. The van der Waals surface area contributed by atoms with Crippen LogP contribution in [0.25, 0.3) is 11.0 Å². The number of nitrogens with one attached hydrogen (secondary N) is 3. The van der Waals surface area contributed by atoms with Gasteiger partial charge in [-0.2, -0.15) is 0 Å². The van der Waals surface area contributed by atoms with Crippen LogP contribution in [0, 0.1) is 5.92 Å². The van der Waals surface area contributed by atoms with Crippen molar-refractivity contribution in [1.29, 1.82) is 0 Å². The molecule has 0 bridgehead atoms. The van der Waals surface area contributed by atoms with E-state index >= 15 is 0 Å². The van der Waals surface area contributed by atoms with Crippen LogP contribution in [0.4, 0.5) is 0 Å². The summed E-state index contributed by atoms with van der Waals surface area (Å²) in [4.78, 5) is 16.7. The summed E-state index contributed by atoms with van der Waals surface area (Å²) < 4.78 is 0. The molecule has 1 aromatic heterocycles. The molecule has 3 N–H and O–H groups in total. The van der Waals surface area contributed by atoms with E-state index in [9.17, 15) is 4.79 Å². The molecule has 2 rings (SSSR count). The van der Waals surface area contributed by atoms with E-state index in [2.05, 4.69) is 42.1 Å². The lowest BCUT2D eigenvalue weighted by molar-refractivity contribution is 0.461. The molecule has 0 saturated heterocycles. The van der Waals surface area contributed by atoms with Gasteiger partial charge >= 0.3 is 5.69 Å². The molecule has 98 valence electrons. The van der Waals surface area contributed by atoms with Gasteiger partial charge in [0.05, 0.1) is 11.0 Å². The van der Waals surface area contributed by atoms with E-state index in [-0.39, 0.29) is 5.69 Å². The average Bonchev–Trinajstić information content (AvgIpc) is 2.74. The normalized spacial score (nSPS) is 14.8. The molecular weight excluding hydrogens is 226 g/mol. The highest BCUT2D eigenvalue weighted by Crippen LogP contribution is 2.17. The van der Waals surface area contributed by atoms with Gasteiger partial charge in [-0.05, 0) is 37.1 Å². The van der Waals surface area contributed by atoms with E-state index in [1.807, 2.05) is 12.1 Å². The SMILES string of the molecule is CCC(C)CNC(C)c1ccc2[nH]c(=O)[nH]c2c1. The quantitative estimate of drug-likeness (QED) is 0.760. The molecule has 4 nitrogen and oxygen atoms in total. The molecule has 0 fully saturated rings. The summed E-state index contributed by atoms with van der Waals surface area (Å²) in [5, 5.41) is 3.52. The lowest BCUT2D eigenvalue weighted by Crippen LogP contribution is -2.24. The van der Waals surface area contributed by atoms with Crippen LogP contribution < -0.4 is 11.0 Å². The first-order valence-electron chi connectivity index (χ1n) is 6.55. The van der Waals surface area contributed by atoms with Crippen molar-refractivity contribution in [2.75, 3.05) is 6.54 Å². The third-order valence-electron chi connectivity index (χ3n) is 3.51. The minimum atomic E-state index is -0.151. The van der Waals surface area contributed by atoms with Gasteiger partial charge in [-0.15, -0.1) is 0 Å². The van der Waals surface area contributed by atoms with Crippen LogP contribution in [0.15, 0.2) is 23.0 Å². The number of aromatic nitrogens is 2. The van der Waals surface area contributed by atoms with E-state index in [1.54, 1.807) is 0 Å². The number of rotatable bonds is 5. The summed E-state index contributed by atoms with van der Waals surface area (Å²) in [7, 11) is 0. The third kappa shape index (κ3) is 2.82. The molecule has 0 spiro atoms. The Kier molecular flexibility index (Phi) is 3.87. The van der Waals surface area contributed by atoms with E-state index in [4.69, 9.17) is 0 Å². The number of H-pyrrole nitrogens is 2. The zero-order valence-electron chi connectivity index (χ0n) is 11.2. The molecule has 1 aromatic carbocycles. The largest absolute Gasteiger partial charge is 0.323 e. The van der Waals surface area contributed by atoms with Crippen molar-refractivity contribution in [3.8, 4) is 0 Å². The van der Waals surface area contributed by atoms with Crippen molar-refractivity contribution in [3.63, 3.8) is 0 Å². The third-order valence-corrected chi connectivity index (χ3v) is 3.51. The Hall–Kier alpha value is -1.55. The van der Waals surface area contributed by atoms with Crippen LogP contribution >= 0.6 is 0 Å². The van der Waals surface area contributed by atoms with E-state index in [0.717, 1.165) is 17.6 Å². The maximum atomic E-state index is 11.2. The van der Waals surface area contributed by atoms with E-state index in [1.165, 1.54) is 12.0 Å². The highest BCUT2D eigenvalue weighted by molar-refractivity contribution is 5.75. The second kappa shape index (κ2) is 5.40. The highest BCUT2D eigenvalue weighted by atomic mass is 16.1. The van der Waals surface area contributed by atoms with Gasteiger partial charge in [-0.25, -0.2) is 4.79 Å². The second-order valence-corrected chi connectivity index (χ2v) is 5.03. The zero-order chi connectivity index (χ0) is 13.1. The number of benzene rings is 1. The number of imidazole rings is 1. The molecule has 2 aromatic rings. The molecule has 0 radical (unpaired) electrons. The summed E-state index contributed by atoms with van der Waals surface area (Å²) >= 11 is 0. The van der Waals surface area contributed by atoms with Crippen LogP contribution in [0.3, 0.4) is 0 Å². The summed E-state index contributed by atoms with van der Waals surface area (Å²) in [6, 6.07) is 6.33. The summed E-state index contributed by atoms with van der Waals surface area (Å²) in [6.07, 6.45) is 1.18. The van der Waals surface area contributed by atoms with Crippen molar-refractivity contribution in [2.24, 2.45) is 5.92 Å². The van der Waals surface area contributed by atoms with Gasteiger partial charge in [0.2, 0.25) is 0 Å². The van der Waals surface area contributed by atoms with Crippen molar-refractivity contribution in [2.45, 2.75) is 33.2 Å². The summed E-state index contributed by atoms with van der Waals surface area (Å²) in [5.41, 5.74) is 2.77. The van der Waals surface area contributed by atoms with Gasteiger partial charge in [-0.1, -0.05) is 26.3 Å². The maximum Gasteiger partial charge on any atom is 0.323 e. The maximum absolute atomic E-state index is 11.2. The summed E-state index contributed by atoms with van der Waals surface area (Å²) in [6.45, 7) is 7.60. The molecule has 4 heteroatoms. The molecular formula is C14H21N3O. The first-order chi connectivity index (χ1) is 8.60. The fourth-order valence-electron chi connectivity index (χ4n) is 1.96. The zero-order valence-corrected chi connectivity index (χ0v) is 11.2. The number of aromatic amines is 2. The monoisotopic (exact) mass is 247 g/mol. The Labute approximate surface area is 107 Å². The topological polar surface area (TPSA) is 60.7 Å². The standard InChI is InChI=1S/C14H21N3O/c1-4-9(2)8-15-10(3)11-5-6-12-13(7-11)17-14(18)16-12/h5-7,9-10,15H,4,8H2,1-3H3,(H2,16,17,18). The number of hydrogen-bond acceptors (Lipinski definition) is 2. The van der Waals surface area contributed by atoms with E-state index < -0.39 is 0 Å². The first-order valence-corrected chi connectivity index (χ1v) is 6.55. The van der Waals surface area contributed by atoms with Crippen LogP contribution in [0.1, 0.15) is 38.8 Å². The van der Waals surface area contributed by atoms with Gasteiger partial charge < -0.3 is 15.3 Å². The predicted octanol–water partition coefficient (Wildman–Crippen LogP) is 2.55. The van der Waals surface area contributed by atoms with E-state index in [0.29, 0.717) is 12.0 Å². The fourth-order valence-corrected chi connectivity index (χ4v) is 1.96. The predicted molar refractivity (Wildman–Crippen MR) is 74.8 cm³/mol. The molecule has 1 heterocycles. The molecule has 0 aliphatic rings. The number of hydrogen-bond donors (Lipinski definition) is 3. The molecule has 2 unspecified atom stereocenters. The van der Waals surface area contributed by atoms with Gasteiger partial charge in [0.1, 0.15) is 0 Å². The Balaban J connectivity index is 2.12. The second-order valence-electron chi connectivity index (χ2n) is 5.03. The Bertz CT molecular complexity index is 570. The van der Waals surface area contributed by atoms with Gasteiger partial charge in [0.25, 0.3) is 0 Å². The van der Waals surface area contributed by atoms with Crippen LogP contribution in [0.5, 0.6) is 0 Å². The van der Waals surface area contributed by atoms with Gasteiger partial charge in [0, 0.05) is 6.04 Å². The van der Waals surface area contributed by atoms with Crippen LogP contribution in [-0.2, 0) is 0 Å². The lowest BCUT2D eigenvalue weighted by atomic mass is 10.1. The van der Waals surface area contributed by atoms with Crippen molar-refractivity contribution >= 4 is 11.0 Å². The summed E-state index contributed by atoms with van der Waals surface area (Å²) in [5.74, 6) is 0.684. The Morgan fingerprint density at radius 1 is 1.22 bits per heavy atom. The van der Waals surface area contributed by atoms with Crippen LogP contribution in [-0.4, -0.2) is 16.5 Å². The molecule has 0 saturated carbocycles. The van der Waals surface area contributed by atoms with Crippen molar-refractivity contribution in [1.82, 2.24) is 15.3 Å². The Morgan fingerprint density at radius 3 is 2.67 bits per heavy atom. The fraction of sp³-hybridized carbons (Fsp3) is 0.500. The number of fused-ring (bicyclic) bond motifs is 1. The van der Waals surface area contributed by atoms with Crippen LogP contribution in [0.2, 0.25) is 0 Å². The molecule has 0 aliphatic heterocycles. The van der Waals surface area contributed by atoms with Crippen molar-refractivity contribution < 1.29 is 0 Å². The molecule has 0 amide bonds. The smallest absolute Gasteiger partial charge is 0.310 e. The molecule has 2 atom stereocenters. The molecule has 18 heavy (non-hydrogen) atoms.